The Balaban J connectivity index is 1.42. The molecule has 2 fully saturated rings. The van der Waals surface area contributed by atoms with Gasteiger partial charge in [0, 0.05) is 12.8 Å². The summed E-state index contributed by atoms with van der Waals surface area (Å²) in [5.41, 5.74) is 0. The highest BCUT2D eigenvalue weighted by Crippen LogP contribution is 2.24. The van der Waals surface area contributed by atoms with E-state index in [9.17, 15) is 35.4 Å². The second kappa shape index (κ2) is 16.9. The van der Waals surface area contributed by atoms with Gasteiger partial charge < -0.3 is 49.6 Å². The average molecular weight is 537 g/mol. The van der Waals surface area contributed by atoms with Crippen LogP contribution in [0.25, 0.3) is 0 Å². The molecule has 0 spiro atoms. The highest BCUT2D eigenvalue weighted by Gasteiger charge is 2.45. The van der Waals surface area contributed by atoms with Crippen LogP contribution in [0.2, 0.25) is 0 Å². The lowest BCUT2D eigenvalue weighted by Gasteiger charge is -2.39. The Morgan fingerprint density at radius 2 is 1.41 bits per heavy atom. The van der Waals surface area contributed by atoms with Gasteiger partial charge in [-0.2, -0.15) is 0 Å². The van der Waals surface area contributed by atoms with Crippen LogP contribution in [0, 0.1) is 0 Å². The highest BCUT2D eigenvalue weighted by molar-refractivity contribution is 5.69. The van der Waals surface area contributed by atoms with Gasteiger partial charge in [-0.1, -0.05) is 51.4 Å². The molecule has 10 unspecified atom stereocenters. The van der Waals surface area contributed by atoms with E-state index in [0.29, 0.717) is 6.42 Å². The van der Waals surface area contributed by atoms with Gasteiger partial charge >= 0.3 is 5.97 Å². The molecule has 0 radical (unpaired) electrons. The molecule has 0 bridgehead atoms. The summed E-state index contributed by atoms with van der Waals surface area (Å²) >= 11 is 0. The zero-order chi connectivity index (χ0) is 27.4. The quantitative estimate of drug-likeness (QED) is 0.122. The molecule has 37 heavy (non-hydrogen) atoms. The number of carbonyl (C=O) groups is 1. The monoisotopic (exact) mass is 536 g/mol. The minimum atomic E-state index is -1.57. The van der Waals surface area contributed by atoms with Crippen molar-refractivity contribution in [3.05, 3.63) is 0 Å². The van der Waals surface area contributed by atoms with E-state index in [1.807, 2.05) is 6.92 Å². The fraction of sp³-hybridized carbons (Fsp3) is 0.962. The molecule has 0 amide bonds. The van der Waals surface area contributed by atoms with Crippen LogP contribution >= 0.6 is 0 Å². The molecule has 2 aliphatic rings. The Morgan fingerprint density at radius 1 is 0.811 bits per heavy atom. The van der Waals surface area contributed by atoms with Gasteiger partial charge in [0.05, 0.1) is 24.9 Å². The number of hydrogen-bond donors (Lipinski definition) is 6. The first-order chi connectivity index (χ1) is 17.6. The van der Waals surface area contributed by atoms with Gasteiger partial charge in [0.2, 0.25) is 6.29 Å². The summed E-state index contributed by atoms with van der Waals surface area (Å²) in [5, 5.41) is 58.3. The van der Waals surface area contributed by atoms with Crippen LogP contribution < -0.4 is 0 Å². The van der Waals surface area contributed by atoms with Gasteiger partial charge in [-0.05, 0) is 26.7 Å². The number of unbranched alkanes of at least 4 members (excludes halogenated alkanes) is 8. The van der Waals surface area contributed by atoms with Crippen molar-refractivity contribution in [3.8, 4) is 0 Å². The predicted molar refractivity (Wildman–Crippen MR) is 132 cm³/mol. The molecule has 2 heterocycles. The Morgan fingerprint density at radius 3 is 2.03 bits per heavy atom. The molecule has 0 aromatic carbocycles. The van der Waals surface area contributed by atoms with Gasteiger partial charge in [0.25, 0.3) is 0 Å². The third-order valence-corrected chi connectivity index (χ3v) is 7.14. The van der Waals surface area contributed by atoms with Crippen LogP contribution in [0.4, 0.5) is 0 Å². The highest BCUT2D eigenvalue weighted by atomic mass is 16.7. The van der Waals surface area contributed by atoms with E-state index in [2.05, 4.69) is 0 Å². The third-order valence-electron chi connectivity index (χ3n) is 7.14. The molecule has 0 aliphatic carbocycles. The van der Waals surface area contributed by atoms with E-state index in [1.165, 1.54) is 0 Å². The summed E-state index contributed by atoms with van der Waals surface area (Å²) in [7, 11) is 0. The van der Waals surface area contributed by atoms with Crippen LogP contribution in [-0.2, 0) is 23.7 Å². The van der Waals surface area contributed by atoms with Crippen LogP contribution in [-0.4, -0.2) is 105 Å². The summed E-state index contributed by atoms with van der Waals surface area (Å²) in [6.07, 6.45) is 0.875. The average Bonchev–Trinajstić information content (AvgIpc) is 2.86. The maximum Gasteiger partial charge on any atom is 0.308 e. The summed E-state index contributed by atoms with van der Waals surface area (Å²) in [6, 6.07) is 0. The first-order valence-corrected chi connectivity index (χ1v) is 13.8. The third kappa shape index (κ3) is 11.0. The summed E-state index contributed by atoms with van der Waals surface area (Å²) in [4.78, 5) is 12.0. The SMILES string of the molecule is CC(CCCCCCCCCCCC(=O)OC1OC(CO)C(O)C(O)C1O)OC1OC(C)C(O)CC1O. The van der Waals surface area contributed by atoms with Gasteiger partial charge in [-0.15, -0.1) is 0 Å². The normalized spacial score (nSPS) is 35.3. The molecule has 10 atom stereocenters. The predicted octanol–water partition coefficient (Wildman–Crippen LogP) is 0.882. The molecule has 218 valence electrons. The van der Waals surface area contributed by atoms with Crippen molar-refractivity contribution < 1.29 is 54.4 Å². The van der Waals surface area contributed by atoms with Crippen molar-refractivity contribution in [3.63, 3.8) is 0 Å². The molecule has 11 nitrogen and oxygen atoms in total. The summed E-state index contributed by atoms with van der Waals surface area (Å²) in [6.45, 7) is 3.18. The molecule has 6 N–H and O–H groups in total. The Bertz CT molecular complexity index is 634. The minimum Gasteiger partial charge on any atom is -0.433 e. The lowest BCUT2D eigenvalue weighted by atomic mass is 9.99. The lowest BCUT2D eigenvalue weighted by Crippen LogP contribution is -2.59. The van der Waals surface area contributed by atoms with Crippen molar-refractivity contribution >= 4 is 5.97 Å². The Kier molecular flexibility index (Phi) is 14.8. The summed E-state index contributed by atoms with van der Waals surface area (Å²) < 4.78 is 21.6. The van der Waals surface area contributed by atoms with E-state index in [1.54, 1.807) is 6.92 Å². The molecular formula is C26H48O11. The maximum absolute atomic E-state index is 12.0. The zero-order valence-electron chi connectivity index (χ0n) is 22.2. The minimum absolute atomic E-state index is 0.0190. The topological polar surface area (TPSA) is 175 Å². The van der Waals surface area contributed by atoms with E-state index in [-0.39, 0.29) is 25.0 Å². The van der Waals surface area contributed by atoms with Crippen LogP contribution in [0.1, 0.15) is 90.9 Å². The lowest BCUT2D eigenvalue weighted by molar-refractivity contribution is -0.292. The van der Waals surface area contributed by atoms with Crippen LogP contribution in [0.15, 0.2) is 0 Å². The van der Waals surface area contributed by atoms with Crippen molar-refractivity contribution in [2.45, 2.75) is 152 Å². The molecule has 2 saturated heterocycles. The zero-order valence-corrected chi connectivity index (χ0v) is 22.2. The molecule has 0 aromatic heterocycles. The van der Waals surface area contributed by atoms with Gasteiger partial charge in [-0.3, -0.25) is 4.79 Å². The first-order valence-electron chi connectivity index (χ1n) is 13.8. The second-order valence-electron chi connectivity index (χ2n) is 10.4. The van der Waals surface area contributed by atoms with Crippen molar-refractivity contribution in [2.75, 3.05) is 6.61 Å². The van der Waals surface area contributed by atoms with Gasteiger partial charge in [0.15, 0.2) is 6.29 Å². The van der Waals surface area contributed by atoms with E-state index in [0.717, 1.165) is 57.8 Å². The number of hydrogen-bond acceptors (Lipinski definition) is 11. The standard InChI is InChI=1S/C26H48O11/c1-16(34-25-19(29)14-18(28)17(2)35-25)12-10-8-6-4-3-5-7-9-11-13-21(30)37-26-24(33)23(32)22(31)20(15-27)36-26/h16-20,22-29,31-33H,3-15H2,1-2H3. The van der Waals surface area contributed by atoms with Crippen LogP contribution in [0.5, 0.6) is 0 Å². The smallest absolute Gasteiger partial charge is 0.308 e. The molecule has 0 saturated carbocycles. The van der Waals surface area contributed by atoms with E-state index in [4.69, 9.17) is 18.9 Å². The molecule has 2 rings (SSSR count). The van der Waals surface area contributed by atoms with Crippen LogP contribution in [0.3, 0.4) is 0 Å². The van der Waals surface area contributed by atoms with Crippen molar-refractivity contribution in [1.29, 1.82) is 0 Å². The fourth-order valence-corrected chi connectivity index (χ4v) is 4.65. The van der Waals surface area contributed by atoms with E-state index >= 15 is 0 Å². The Hall–Kier alpha value is -0.890. The summed E-state index contributed by atoms with van der Waals surface area (Å²) in [5.74, 6) is -0.556. The van der Waals surface area contributed by atoms with Gasteiger partial charge in [-0.25, -0.2) is 0 Å². The van der Waals surface area contributed by atoms with Crippen molar-refractivity contribution in [1.82, 2.24) is 0 Å². The number of rotatable bonds is 16. The number of carbonyl (C=O) groups excluding carboxylic acids is 1. The Labute approximate surface area is 219 Å². The second-order valence-corrected chi connectivity index (χ2v) is 10.4. The van der Waals surface area contributed by atoms with E-state index < -0.39 is 61.8 Å². The number of aliphatic hydroxyl groups excluding tert-OH is 6. The molecular weight excluding hydrogens is 488 g/mol. The maximum atomic E-state index is 12.0. The largest absolute Gasteiger partial charge is 0.433 e. The fourth-order valence-electron chi connectivity index (χ4n) is 4.65. The number of ether oxygens (including phenoxy) is 4. The number of esters is 1. The first kappa shape index (κ1) is 32.3. The molecule has 11 heteroatoms. The molecule has 2 aliphatic heterocycles. The molecule has 0 aromatic rings. The number of aliphatic hydroxyl groups is 6. The van der Waals surface area contributed by atoms with Crippen molar-refractivity contribution in [2.24, 2.45) is 0 Å². The van der Waals surface area contributed by atoms with Gasteiger partial charge in [0.1, 0.15) is 30.5 Å².